The molecule has 1 rings (SSSR count). The lowest BCUT2D eigenvalue weighted by atomic mass is 10.3. The summed E-state index contributed by atoms with van der Waals surface area (Å²) in [4.78, 5) is -0.424. The van der Waals surface area contributed by atoms with Crippen LogP contribution in [0.1, 0.15) is 0 Å². The SMILES string of the molecule is COc1ccc(Br)c(S(=O)(=O)F)c1. The minimum atomic E-state index is -4.69. The van der Waals surface area contributed by atoms with E-state index in [1.165, 1.54) is 19.2 Å². The second kappa shape index (κ2) is 3.63. The fourth-order valence-electron chi connectivity index (χ4n) is 0.798. The van der Waals surface area contributed by atoms with Gasteiger partial charge in [-0.05, 0) is 28.1 Å². The third-order valence-electron chi connectivity index (χ3n) is 1.40. The summed E-state index contributed by atoms with van der Waals surface area (Å²) in [6.45, 7) is 0. The quantitative estimate of drug-likeness (QED) is 0.772. The van der Waals surface area contributed by atoms with Gasteiger partial charge < -0.3 is 4.74 Å². The van der Waals surface area contributed by atoms with E-state index in [4.69, 9.17) is 4.74 Å². The average molecular weight is 269 g/mol. The molecule has 0 aliphatic heterocycles. The molecule has 72 valence electrons. The van der Waals surface area contributed by atoms with Gasteiger partial charge >= 0.3 is 10.2 Å². The fourth-order valence-corrected chi connectivity index (χ4v) is 2.18. The molecule has 0 aliphatic carbocycles. The number of methoxy groups -OCH3 is 1. The van der Waals surface area contributed by atoms with Gasteiger partial charge in [0, 0.05) is 10.5 Å². The Bertz CT molecular complexity index is 416. The number of halogens is 2. The standard InChI is InChI=1S/C7H6BrFO3S/c1-12-5-2-3-6(8)7(4-5)13(9,10)11/h2-4H,1H3. The Morgan fingerprint density at radius 1 is 1.46 bits per heavy atom. The van der Waals surface area contributed by atoms with Crippen molar-refractivity contribution in [2.24, 2.45) is 0 Å². The van der Waals surface area contributed by atoms with Crippen LogP contribution in [0.3, 0.4) is 0 Å². The lowest BCUT2D eigenvalue weighted by molar-refractivity contribution is 0.413. The van der Waals surface area contributed by atoms with Gasteiger partial charge in [0.05, 0.1) is 7.11 Å². The average Bonchev–Trinajstić information content (AvgIpc) is 2.03. The van der Waals surface area contributed by atoms with Gasteiger partial charge in [0.25, 0.3) is 0 Å². The lowest BCUT2D eigenvalue weighted by Crippen LogP contribution is -1.94. The van der Waals surface area contributed by atoms with Crippen LogP contribution in [0.4, 0.5) is 3.89 Å². The van der Waals surface area contributed by atoms with Crippen molar-refractivity contribution in [3.8, 4) is 5.75 Å². The van der Waals surface area contributed by atoms with Crippen LogP contribution >= 0.6 is 15.9 Å². The first-order valence-electron chi connectivity index (χ1n) is 3.23. The topological polar surface area (TPSA) is 43.4 Å². The summed E-state index contributed by atoms with van der Waals surface area (Å²) >= 11 is 2.92. The Morgan fingerprint density at radius 3 is 2.54 bits per heavy atom. The second-order valence-corrected chi connectivity index (χ2v) is 4.40. The van der Waals surface area contributed by atoms with Crippen LogP contribution in [0.2, 0.25) is 0 Å². The number of benzene rings is 1. The third kappa shape index (κ3) is 2.41. The van der Waals surface area contributed by atoms with Crippen LogP contribution in [-0.4, -0.2) is 15.5 Å². The van der Waals surface area contributed by atoms with Crippen LogP contribution in [0, 0.1) is 0 Å². The maximum Gasteiger partial charge on any atom is 0.333 e. The maximum absolute atomic E-state index is 12.6. The highest BCUT2D eigenvalue weighted by Crippen LogP contribution is 2.27. The molecule has 0 atom stereocenters. The Balaban J connectivity index is 3.36. The Hall–Kier alpha value is -0.620. The molecule has 0 saturated heterocycles. The molecular formula is C7H6BrFO3S. The highest BCUT2D eigenvalue weighted by Gasteiger charge is 2.16. The van der Waals surface area contributed by atoms with Crippen LogP contribution in [-0.2, 0) is 10.2 Å². The van der Waals surface area contributed by atoms with E-state index >= 15 is 0 Å². The molecule has 0 bridgehead atoms. The first-order chi connectivity index (χ1) is 5.95. The van der Waals surface area contributed by atoms with Gasteiger partial charge in [-0.2, -0.15) is 8.42 Å². The van der Waals surface area contributed by atoms with Gasteiger partial charge in [-0.25, -0.2) is 0 Å². The lowest BCUT2D eigenvalue weighted by Gasteiger charge is -2.02. The molecule has 0 heterocycles. The van der Waals surface area contributed by atoms with Crippen LogP contribution in [0.25, 0.3) is 0 Å². The van der Waals surface area contributed by atoms with Gasteiger partial charge in [0.2, 0.25) is 0 Å². The van der Waals surface area contributed by atoms with Crippen LogP contribution < -0.4 is 4.74 Å². The molecule has 0 radical (unpaired) electrons. The molecule has 0 saturated carbocycles. The number of hydrogen-bond donors (Lipinski definition) is 0. The smallest absolute Gasteiger partial charge is 0.333 e. The van der Waals surface area contributed by atoms with E-state index < -0.39 is 15.1 Å². The molecule has 0 fully saturated rings. The molecule has 0 unspecified atom stereocenters. The summed E-state index contributed by atoms with van der Waals surface area (Å²) in [6.07, 6.45) is 0. The zero-order chi connectivity index (χ0) is 10.1. The first kappa shape index (κ1) is 10.5. The normalized spacial score (nSPS) is 11.3. The molecule has 1 aromatic rings. The van der Waals surface area contributed by atoms with Gasteiger partial charge in [-0.3, -0.25) is 0 Å². The van der Waals surface area contributed by atoms with E-state index in [1.54, 1.807) is 0 Å². The molecule has 0 aromatic heterocycles. The van der Waals surface area contributed by atoms with Crippen molar-refractivity contribution in [3.05, 3.63) is 22.7 Å². The summed E-state index contributed by atoms with van der Waals surface area (Å²) in [5.41, 5.74) is 0. The van der Waals surface area contributed by atoms with Crippen molar-refractivity contribution in [1.29, 1.82) is 0 Å². The molecule has 0 amide bonds. The minimum Gasteiger partial charge on any atom is -0.497 e. The highest BCUT2D eigenvalue weighted by molar-refractivity contribution is 9.10. The zero-order valence-corrected chi connectivity index (χ0v) is 9.02. The zero-order valence-electron chi connectivity index (χ0n) is 6.62. The summed E-state index contributed by atoms with van der Waals surface area (Å²) in [6, 6.07) is 4.05. The van der Waals surface area contributed by atoms with E-state index in [9.17, 15) is 12.3 Å². The second-order valence-electron chi connectivity index (χ2n) is 2.23. The molecule has 6 heteroatoms. The van der Waals surface area contributed by atoms with Gasteiger partial charge in [-0.15, -0.1) is 3.89 Å². The predicted octanol–water partition coefficient (Wildman–Crippen LogP) is 2.12. The van der Waals surface area contributed by atoms with Gasteiger partial charge in [0.1, 0.15) is 10.6 Å². The van der Waals surface area contributed by atoms with Crippen molar-refractivity contribution < 1.29 is 17.0 Å². The van der Waals surface area contributed by atoms with Crippen molar-refractivity contribution >= 4 is 26.2 Å². The van der Waals surface area contributed by atoms with Gasteiger partial charge in [-0.1, -0.05) is 0 Å². The van der Waals surface area contributed by atoms with E-state index in [0.29, 0.717) is 5.75 Å². The first-order valence-corrected chi connectivity index (χ1v) is 5.41. The Kier molecular flexibility index (Phi) is 2.92. The van der Waals surface area contributed by atoms with Crippen molar-refractivity contribution in [2.45, 2.75) is 4.90 Å². The monoisotopic (exact) mass is 268 g/mol. The van der Waals surface area contributed by atoms with Crippen LogP contribution in [0.5, 0.6) is 5.75 Å². The largest absolute Gasteiger partial charge is 0.497 e. The molecule has 0 spiro atoms. The van der Waals surface area contributed by atoms with E-state index in [-0.39, 0.29) is 4.47 Å². The molecule has 0 N–H and O–H groups in total. The van der Waals surface area contributed by atoms with Gasteiger partial charge in [0.15, 0.2) is 0 Å². The number of ether oxygens (including phenoxy) is 1. The Morgan fingerprint density at radius 2 is 2.08 bits per heavy atom. The molecular weight excluding hydrogens is 263 g/mol. The Labute approximate surface area is 83.9 Å². The minimum absolute atomic E-state index is 0.177. The summed E-state index contributed by atoms with van der Waals surface area (Å²) in [5, 5.41) is 0. The summed E-state index contributed by atoms with van der Waals surface area (Å²) in [5.74, 6) is 0.291. The van der Waals surface area contributed by atoms with Crippen molar-refractivity contribution in [1.82, 2.24) is 0 Å². The third-order valence-corrected chi connectivity index (χ3v) is 3.22. The van der Waals surface area contributed by atoms with E-state index in [0.717, 1.165) is 6.07 Å². The maximum atomic E-state index is 12.6. The van der Waals surface area contributed by atoms with E-state index in [1.807, 2.05) is 0 Å². The number of rotatable bonds is 2. The molecule has 1 aromatic carbocycles. The fraction of sp³-hybridized carbons (Fsp3) is 0.143. The molecule has 0 aliphatic rings. The van der Waals surface area contributed by atoms with Crippen molar-refractivity contribution in [2.75, 3.05) is 7.11 Å². The van der Waals surface area contributed by atoms with Crippen LogP contribution in [0.15, 0.2) is 27.6 Å². The predicted molar refractivity (Wildman–Crippen MR) is 49.0 cm³/mol. The molecule has 13 heavy (non-hydrogen) atoms. The summed E-state index contributed by atoms with van der Waals surface area (Å²) in [7, 11) is -3.32. The summed E-state index contributed by atoms with van der Waals surface area (Å²) < 4.78 is 38.7. The van der Waals surface area contributed by atoms with Crippen molar-refractivity contribution in [3.63, 3.8) is 0 Å². The molecule has 3 nitrogen and oxygen atoms in total. The highest BCUT2D eigenvalue weighted by atomic mass is 79.9. The van der Waals surface area contributed by atoms with E-state index in [2.05, 4.69) is 15.9 Å². The number of hydrogen-bond acceptors (Lipinski definition) is 3.